The van der Waals surface area contributed by atoms with E-state index in [-0.39, 0.29) is 6.19 Å². The average molecular weight is 102 g/mol. The fourth-order valence-corrected chi connectivity index (χ4v) is 0.110. The number of carbonyl (C=O) groups is 1. The Balaban J connectivity index is 3.45. The third-order valence-electron chi connectivity index (χ3n) is 0.265. The highest BCUT2D eigenvalue weighted by Crippen LogP contribution is 1.72. The topological polar surface area (TPSA) is 38.7 Å². The number of carbonyl (C=O) groups excluding carboxylic acids is 1. The Morgan fingerprint density at radius 3 is 2.86 bits per heavy atom. The maximum absolute atomic E-state index is 9.94. The van der Waals surface area contributed by atoms with Crippen molar-refractivity contribution in [3.05, 3.63) is 0 Å². The molecule has 0 heterocycles. The number of hydrogen-bond donors (Lipinski definition) is 0. The molecular weight excluding hydrogens is 94.0 g/mol. The molecule has 0 saturated carbocycles. The molecule has 0 radical (unpaired) electrons. The second kappa shape index (κ2) is 3.33. The summed E-state index contributed by atoms with van der Waals surface area (Å²) in [5.74, 6) is -0.503. The first-order valence-corrected chi connectivity index (χ1v) is 1.81. The molecule has 0 atom stereocenters. The van der Waals surface area contributed by atoms with Crippen molar-refractivity contribution in [2.75, 3.05) is 0 Å². The number of oxime groups is 1. The molecule has 3 heteroatoms. The molecule has 0 aromatic carbocycles. The third-order valence-corrected chi connectivity index (χ3v) is 0.265. The minimum Gasteiger partial charge on any atom is -0.319 e. The highest BCUT2D eigenvalue weighted by Gasteiger charge is 1.82. The zero-order valence-electron chi connectivity index (χ0n) is 5.26. The summed E-state index contributed by atoms with van der Waals surface area (Å²) in [7, 11) is 0. The van der Waals surface area contributed by atoms with Crippen LogP contribution in [-0.2, 0) is 9.63 Å². The van der Waals surface area contributed by atoms with Crippen molar-refractivity contribution in [1.82, 2.24) is 0 Å². The monoisotopic (exact) mass is 102 g/mol. The summed E-state index contributed by atoms with van der Waals surface area (Å²) in [4.78, 5) is 14.0. The molecule has 40 valence electrons. The molecule has 0 bridgehead atoms. The predicted octanol–water partition coefficient (Wildman–Crippen LogP) is 0.555. The van der Waals surface area contributed by atoms with Gasteiger partial charge in [-0.3, -0.25) is 0 Å². The highest BCUT2D eigenvalue weighted by atomic mass is 16.7. The van der Waals surface area contributed by atoms with Gasteiger partial charge in [-0.25, -0.2) is 4.79 Å². The standard InChI is InChI=1S/C4H7NO2/c1-3-5-7-4(2)6/h3H,1-2H3/b5-3+/i3D. The minimum atomic E-state index is -0.503. The van der Waals surface area contributed by atoms with E-state index in [0.717, 1.165) is 0 Å². The van der Waals surface area contributed by atoms with Crippen molar-refractivity contribution in [1.29, 1.82) is 0 Å². The number of rotatable bonds is 1. The lowest BCUT2D eigenvalue weighted by atomic mass is 10.8. The highest BCUT2D eigenvalue weighted by molar-refractivity contribution is 5.66. The Labute approximate surface area is 43.4 Å². The summed E-state index contributed by atoms with van der Waals surface area (Å²) >= 11 is 0. The molecule has 0 spiro atoms. The van der Waals surface area contributed by atoms with E-state index >= 15 is 0 Å². The van der Waals surface area contributed by atoms with Gasteiger partial charge >= 0.3 is 5.97 Å². The molecule has 0 saturated heterocycles. The quantitative estimate of drug-likeness (QED) is 0.275. The van der Waals surface area contributed by atoms with Gasteiger partial charge in [0.15, 0.2) is 0 Å². The molecule has 3 nitrogen and oxygen atoms in total. The first-order chi connectivity index (χ1) is 3.63. The summed E-state index contributed by atoms with van der Waals surface area (Å²) in [6.07, 6.45) is -0.0137. The van der Waals surface area contributed by atoms with Gasteiger partial charge in [0.1, 0.15) is 0 Å². The zero-order chi connectivity index (χ0) is 6.57. The lowest BCUT2D eigenvalue weighted by molar-refractivity contribution is -0.140. The molecule has 0 unspecified atom stereocenters. The van der Waals surface area contributed by atoms with Crippen LogP contribution in [0.4, 0.5) is 0 Å². The maximum atomic E-state index is 9.94. The lowest BCUT2D eigenvalue weighted by Crippen LogP contribution is -1.89. The lowest BCUT2D eigenvalue weighted by Gasteiger charge is -1.82. The van der Waals surface area contributed by atoms with Crippen LogP contribution in [0.1, 0.15) is 15.2 Å². The first kappa shape index (κ1) is 4.30. The van der Waals surface area contributed by atoms with Crippen molar-refractivity contribution >= 4 is 12.2 Å². The second-order valence-corrected chi connectivity index (χ2v) is 0.898. The van der Waals surface area contributed by atoms with Crippen molar-refractivity contribution < 1.29 is 11.0 Å². The van der Waals surface area contributed by atoms with Gasteiger partial charge in [0.2, 0.25) is 0 Å². The number of hydrogen-bond acceptors (Lipinski definition) is 3. The predicted molar refractivity (Wildman–Crippen MR) is 25.9 cm³/mol. The van der Waals surface area contributed by atoms with Crippen LogP contribution in [0.5, 0.6) is 0 Å². The van der Waals surface area contributed by atoms with Gasteiger partial charge in [0, 0.05) is 13.1 Å². The van der Waals surface area contributed by atoms with E-state index in [1.807, 2.05) is 0 Å². The zero-order valence-corrected chi connectivity index (χ0v) is 4.26. The van der Waals surface area contributed by atoms with Crippen LogP contribution in [-0.4, -0.2) is 12.2 Å². The van der Waals surface area contributed by atoms with Crippen LogP contribution < -0.4 is 0 Å². The van der Waals surface area contributed by atoms with Gasteiger partial charge in [-0.1, -0.05) is 5.16 Å². The molecule has 0 fully saturated rings. The van der Waals surface area contributed by atoms with Crippen LogP contribution in [0.25, 0.3) is 0 Å². The van der Waals surface area contributed by atoms with E-state index in [1.54, 1.807) is 0 Å². The molecule has 0 aromatic rings. The Hall–Kier alpha value is -0.860. The van der Waals surface area contributed by atoms with Gasteiger partial charge in [0.05, 0.1) is 1.37 Å². The SMILES string of the molecule is [2H]/C(C)=N\OC(C)=O. The van der Waals surface area contributed by atoms with E-state index in [1.165, 1.54) is 13.8 Å². The van der Waals surface area contributed by atoms with Gasteiger partial charge < -0.3 is 4.84 Å². The third kappa shape index (κ3) is 5.14. The smallest absolute Gasteiger partial charge is 0.319 e. The molecule has 0 aliphatic heterocycles. The maximum Gasteiger partial charge on any atom is 0.331 e. The van der Waals surface area contributed by atoms with Gasteiger partial charge in [-0.05, 0) is 6.92 Å². The Bertz CT molecular complexity index is 117. The summed E-state index contributed by atoms with van der Waals surface area (Å²) in [6, 6.07) is 0. The van der Waals surface area contributed by atoms with Crippen LogP contribution in [0.2, 0.25) is 0 Å². The normalized spacial score (nSPS) is 12.9. The molecule has 0 N–H and O–H groups in total. The van der Waals surface area contributed by atoms with Gasteiger partial charge in [-0.15, -0.1) is 0 Å². The summed E-state index contributed by atoms with van der Waals surface area (Å²) in [5.41, 5.74) is 0. The van der Waals surface area contributed by atoms with Gasteiger partial charge in [-0.2, -0.15) is 0 Å². The fourth-order valence-electron chi connectivity index (χ4n) is 0.110. The summed E-state index contributed by atoms with van der Waals surface area (Å²) in [5, 5.41) is 3.06. The van der Waals surface area contributed by atoms with Crippen molar-refractivity contribution in [2.45, 2.75) is 13.8 Å². The van der Waals surface area contributed by atoms with E-state index in [0.29, 0.717) is 0 Å². The summed E-state index contributed by atoms with van der Waals surface area (Å²) in [6.45, 7) is 2.65. The Kier molecular flexibility index (Phi) is 2.05. The largest absolute Gasteiger partial charge is 0.331 e. The molecular formula is C4H7NO2. The van der Waals surface area contributed by atoms with Crippen LogP contribution in [0, 0.1) is 0 Å². The molecule has 0 aliphatic carbocycles. The summed E-state index contributed by atoms with van der Waals surface area (Å²) < 4.78 is 6.64. The second-order valence-electron chi connectivity index (χ2n) is 0.898. The van der Waals surface area contributed by atoms with Crippen LogP contribution in [0.3, 0.4) is 0 Å². The molecule has 0 aromatic heterocycles. The van der Waals surface area contributed by atoms with E-state index in [2.05, 4.69) is 9.99 Å². The van der Waals surface area contributed by atoms with E-state index < -0.39 is 5.97 Å². The molecule has 0 amide bonds. The Morgan fingerprint density at radius 1 is 2.14 bits per heavy atom. The Morgan fingerprint density at radius 2 is 2.71 bits per heavy atom. The van der Waals surface area contributed by atoms with E-state index in [9.17, 15) is 4.79 Å². The molecule has 0 rings (SSSR count). The average Bonchev–Trinajstić information content (AvgIpc) is 1.61. The fraction of sp³-hybridized carbons (Fsp3) is 0.500. The van der Waals surface area contributed by atoms with E-state index in [4.69, 9.17) is 1.37 Å². The van der Waals surface area contributed by atoms with Crippen molar-refractivity contribution in [3.63, 3.8) is 0 Å². The van der Waals surface area contributed by atoms with Crippen molar-refractivity contribution in [2.24, 2.45) is 5.16 Å². The van der Waals surface area contributed by atoms with Crippen molar-refractivity contribution in [3.8, 4) is 0 Å². The van der Waals surface area contributed by atoms with Gasteiger partial charge in [0.25, 0.3) is 0 Å². The molecule has 0 aliphatic rings. The van der Waals surface area contributed by atoms with Crippen LogP contribution >= 0.6 is 0 Å². The minimum absolute atomic E-state index is 0.0137. The number of nitrogens with zero attached hydrogens (tertiary/aromatic N) is 1. The first-order valence-electron chi connectivity index (χ1n) is 2.31. The molecule has 7 heavy (non-hydrogen) atoms. The van der Waals surface area contributed by atoms with Crippen LogP contribution in [0.15, 0.2) is 5.16 Å².